The summed E-state index contributed by atoms with van der Waals surface area (Å²) in [4.78, 5) is 11.2. The minimum Gasteiger partial charge on any atom is -0.508 e. The summed E-state index contributed by atoms with van der Waals surface area (Å²) in [6.07, 6.45) is 0. The first-order valence-corrected chi connectivity index (χ1v) is 5.67. The number of para-hydroxylation sites is 1. The van der Waals surface area contributed by atoms with Crippen molar-refractivity contribution in [1.82, 2.24) is 0 Å². The Morgan fingerprint density at radius 3 is 2.67 bits per heavy atom. The molecule has 2 aromatic rings. The maximum Gasteiger partial charge on any atom is 0.159 e. The van der Waals surface area contributed by atoms with Gasteiger partial charge in [0, 0.05) is 11.1 Å². The zero-order valence-corrected chi connectivity index (χ0v) is 10.1. The van der Waals surface area contributed by atoms with Crippen LogP contribution in [0.3, 0.4) is 0 Å². The monoisotopic (exact) mass is 242 g/mol. The third-order valence-corrected chi connectivity index (χ3v) is 2.63. The normalized spacial score (nSPS) is 10.1. The molecule has 0 saturated carbocycles. The average molecular weight is 242 g/mol. The highest BCUT2D eigenvalue weighted by atomic mass is 16.5. The third-order valence-electron chi connectivity index (χ3n) is 2.63. The number of hydrogen-bond acceptors (Lipinski definition) is 3. The lowest BCUT2D eigenvalue weighted by molar-refractivity contribution is 0.101. The lowest BCUT2D eigenvalue weighted by Gasteiger charge is -2.08. The molecule has 0 amide bonds. The van der Waals surface area contributed by atoms with Crippen LogP contribution in [0.5, 0.6) is 11.5 Å². The average Bonchev–Trinajstić information content (AvgIpc) is 2.38. The van der Waals surface area contributed by atoms with E-state index < -0.39 is 0 Å². The molecule has 0 heterocycles. The fourth-order valence-corrected chi connectivity index (χ4v) is 1.60. The second-order valence-electron chi connectivity index (χ2n) is 4.00. The zero-order valence-electron chi connectivity index (χ0n) is 10.1. The SMILES string of the molecule is CC(=O)c1cccc(OCc2ccccc2O)c1. The summed E-state index contributed by atoms with van der Waals surface area (Å²) in [5.41, 5.74) is 1.33. The lowest BCUT2D eigenvalue weighted by atomic mass is 10.1. The van der Waals surface area contributed by atoms with Gasteiger partial charge in [0.15, 0.2) is 5.78 Å². The van der Waals surface area contributed by atoms with Gasteiger partial charge in [0.2, 0.25) is 0 Å². The Hall–Kier alpha value is -2.29. The van der Waals surface area contributed by atoms with Crippen LogP contribution in [0.4, 0.5) is 0 Å². The predicted octanol–water partition coefficient (Wildman–Crippen LogP) is 3.17. The highest BCUT2D eigenvalue weighted by molar-refractivity contribution is 5.94. The zero-order chi connectivity index (χ0) is 13.0. The largest absolute Gasteiger partial charge is 0.508 e. The Morgan fingerprint density at radius 2 is 1.94 bits per heavy atom. The summed E-state index contributed by atoms with van der Waals surface area (Å²) < 4.78 is 5.55. The van der Waals surface area contributed by atoms with Gasteiger partial charge in [0.25, 0.3) is 0 Å². The number of phenols is 1. The fraction of sp³-hybridized carbons (Fsp3) is 0.133. The predicted molar refractivity (Wildman–Crippen MR) is 68.9 cm³/mol. The summed E-state index contributed by atoms with van der Waals surface area (Å²) in [6.45, 7) is 1.79. The maximum atomic E-state index is 11.2. The van der Waals surface area contributed by atoms with E-state index in [0.29, 0.717) is 16.9 Å². The lowest BCUT2D eigenvalue weighted by Crippen LogP contribution is -1.97. The van der Waals surface area contributed by atoms with Crippen LogP contribution in [-0.4, -0.2) is 10.9 Å². The Balaban J connectivity index is 2.09. The fourth-order valence-electron chi connectivity index (χ4n) is 1.60. The molecule has 2 aromatic carbocycles. The van der Waals surface area contributed by atoms with Crippen molar-refractivity contribution in [2.24, 2.45) is 0 Å². The molecule has 1 N–H and O–H groups in total. The Kier molecular flexibility index (Phi) is 3.63. The number of benzene rings is 2. The van der Waals surface area contributed by atoms with Crippen LogP contribution in [0.25, 0.3) is 0 Å². The van der Waals surface area contributed by atoms with E-state index in [9.17, 15) is 9.90 Å². The molecule has 0 saturated heterocycles. The van der Waals surface area contributed by atoms with Crippen LogP contribution in [0.1, 0.15) is 22.8 Å². The molecule has 3 heteroatoms. The summed E-state index contributed by atoms with van der Waals surface area (Å²) in [6, 6.07) is 14.0. The number of aromatic hydroxyl groups is 1. The van der Waals surface area contributed by atoms with Crippen LogP contribution < -0.4 is 4.74 Å². The molecule has 0 aromatic heterocycles. The van der Waals surface area contributed by atoms with Crippen molar-refractivity contribution in [2.45, 2.75) is 13.5 Å². The first-order chi connectivity index (χ1) is 8.66. The topological polar surface area (TPSA) is 46.5 Å². The van der Waals surface area contributed by atoms with Crippen molar-refractivity contribution in [3.05, 3.63) is 59.7 Å². The Labute approximate surface area is 106 Å². The number of ether oxygens (including phenoxy) is 1. The number of carbonyl (C=O) groups excluding carboxylic acids is 1. The van der Waals surface area contributed by atoms with Crippen LogP contribution in [0.2, 0.25) is 0 Å². The summed E-state index contributed by atoms with van der Waals surface area (Å²) in [5, 5.41) is 9.60. The molecular formula is C15H14O3. The molecule has 0 atom stereocenters. The number of hydrogen-bond donors (Lipinski definition) is 1. The van der Waals surface area contributed by atoms with Crippen molar-refractivity contribution in [1.29, 1.82) is 0 Å². The first kappa shape index (κ1) is 12.2. The van der Waals surface area contributed by atoms with Crippen molar-refractivity contribution in [2.75, 3.05) is 0 Å². The van der Waals surface area contributed by atoms with Gasteiger partial charge in [0.05, 0.1) is 0 Å². The van der Waals surface area contributed by atoms with Crippen LogP contribution in [0.15, 0.2) is 48.5 Å². The van der Waals surface area contributed by atoms with E-state index in [1.54, 1.807) is 42.5 Å². The highest BCUT2D eigenvalue weighted by Crippen LogP contribution is 2.20. The second-order valence-corrected chi connectivity index (χ2v) is 4.00. The van der Waals surface area contributed by atoms with Crippen molar-refractivity contribution in [3.8, 4) is 11.5 Å². The van der Waals surface area contributed by atoms with E-state index in [1.165, 1.54) is 6.92 Å². The summed E-state index contributed by atoms with van der Waals surface area (Å²) in [5.74, 6) is 0.828. The number of carbonyl (C=O) groups is 1. The molecule has 0 radical (unpaired) electrons. The minimum absolute atomic E-state index is 0.00279. The molecule has 0 unspecified atom stereocenters. The number of Topliss-reactive ketones (excluding diaryl/α,β-unsaturated/α-hetero) is 1. The number of ketones is 1. The summed E-state index contributed by atoms with van der Waals surface area (Å²) >= 11 is 0. The van der Waals surface area contributed by atoms with Gasteiger partial charge in [-0.1, -0.05) is 30.3 Å². The summed E-state index contributed by atoms with van der Waals surface area (Å²) in [7, 11) is 0. The van der Waals surface area contributed by atoms with E-state index in [1.807, 2.05) is 6.07 Å². The molecule has 0 aliphatic carbocycles. The molecule has 0 spiro atoms. The van der Waals surface area contributed by atoms with Gasteiger partial charge in [-0.2, -0.15) is 0 Å². The molecule has 18 heavy (non-hydrogen) atoms. The second kappa shape index (κ2) is 5.36. The van der Waals surface area contributed by atoms with E-state index in [4.69, 9.17) is 4.74 Å². The maximum absolute atomic E-state index is 11.2. The van der Waals surface area contributed by atoms with Gasteiger partial charge in [-0.25, -0.2) is 0 Å². The van der Waals surface area contributed by atoms with Gasteiger partial charge < -0.3 is 9.84 Å². The van der Waals surface area contributed by atoms with Gasteiger partial charge in [-0.3, -0.25) is 4.79 Å². The molecule has 0 aliphatic heterocycles. The van der Waals surface area contributed by atoms with E-state index in [2.05, 4.69) is 0 Å². The quantitative estimate of drug-likeness (QED) is 0.837. The van der Waals surface area contributed by atoms with Gasteiger partial charge in [0.1, 0.15) is 18.1 Å². The van der Waals surface area contributed by atoms with Gasteiger partial charge >= 0.3 is 0 Å². The standard InChI is InChI=1S/C15H14O3/c1-11(16)12-6-4-7-14(9-12)18-10-13-5-2-3-8-15(13)17/h2-9,17H,10H2,1H3. The van der Waals surface area contributed by atoms with Crippen molar-refractivity contribution in [3.63, 3.8) is 0 Å². The molecule has 3 nitrogen and oxygen atoms in total. The van der Waals surface area contributed by atoms with E-state index in [-0.39, 0.29) is 18.1 Å². The number of phenolic OH excluding ortho intramolecular Hbond substituents is 1. The van der Waals surface area contributed by atoms with E-state index in [0.717, 1.165) is 0 Å². The third kappa shape index (κ3) is 2.88. The van der Waals surface area contributed by atoms with Gasteiger partial charge in [-0.15, -0.1) is 0 Å². The molecular weight excluding hydrogens is 228 g/mol. The molecule has 2 rings (SSSR count). The first-order valence-electron chi connectivity index (χ1n) is 5.67. The van der Waals surface area contributed by atoms with Crippen molar-refractivity contribution >= 4 is 5.78 Å². The highest BCUT2D eigenvalue weighted by Gasteiger charge is 2.03. The van der Waals surface area contributed by atoms with Crippen LogP contribution in [0, 0.1) is 0 Å². The Morgan fingerprint density at radius 1 is 1.17 bits per heavy atom. The molecule has 0 bridgehead atoms. The molecule has 0 fully saturated rings. The number of rotatable bonds is 4. The molecule has 0 aliphatic rings. The minimum atomic E-state index is 0.00279. The van der Waals surface area contributed by atoms with Gasteiger partial charge in [-0.05, 0) is 25.1 Å². The van der Waals surface area contributed by atoms with Crippen LogP contribution >= 0.6 is 0 Å². The Bertz CT molecular complexity index is 561. The van der Waals surface area contributed by atoms with Crippen molar-refractivity contribution < 1.29 is 14.6 Å². The van der Waals surface area contributed by atoms with Crippen LogP contribution in [-0.2, 0) is 6.61 Å². The smallest absolute Gasteiger partial charge is 0.159 e. The molecule has 92 valence electrons. The van der Waals surface area contributed by atoms with E-state index >= 15 is 0 Å².